The van der Waals surface area contributed by atoms with Crippen LogP contribution in [0.1, 0.15) is 5.69 Å². The van der Waals surface area contributed by atoms with Gasteiger partial charge in [0.15, 0.2) is 0 Å². The first-order chi connectivity index (χ1) is 10.3. The van der Waals surface area contributed by atoms with Crippen LogP contribution in [0, 0.1) is 0 Å². The molecule has 3 rings (SSSR count). The molecule has 2 aromatic carbocycles. The van der Waals surface area contributed by atoms with Crippen LogP contribution >= 0.6 is 15.9 Å². The van der Waals surface area contributed by atoms with Gasteiger partial charge in [0, 0.05) is 22.2 Å². The molecule has 0 unspecified atom stereocenters. The lowest BCUT2D eigenvalue weighted by Crippen LogP contribution is -2.12. The molecule has 2 N–H and O–H groups in total. The minimum atomic E-state index is 0.533. The molecule has 3 aromatic rings. The van der Waals surface area contributed by atoms with Gasteiger partial charge in [0.2, 0.25) is 0 Å². The minimum absolute atomic E-state index is 0.533. The van der Waals surface area contributed by atoms with Crippen molar-refractivity contribution in [2.24, 2.45) is 5.73 Å². The lowest BCUT2D eigenvalue weighted by Gasteiger charge is -2.11. The van der Waals surface area contributed by atoms with Crippen LogP contribution in [0.15, 0.2) is 59.1 Å². The zero-order valence-corrected chi connectivity index (χ0v) is 13.2. The van der Waals surface area contributed by atoms with Gasteiger partial charge in [0.25, 0.3) is 0 Å². The van der Waals surface area contributed by atoms with Gasteiger partial charge < -0.3 is 15.0 Å². The van der Waals surface area contributed by atoms with Crippen LogP contribution in [0.5, 0.6) is 5.75 Å². The lowest BCUT2D eigenvalue weighted by molar-refractivity contribution is 0.298. The van der Waals surface area contributed by atoms with Crippen molar-refractivity contribution in [1.29, 1.82) is 0 Å². The highest BCUT2D eigenvalue weighted by Gasteiger charge is 2.07. The summed E-state index contributed by atoms with van der Waals surface area (Å²) in [6, 6.07) is 18.4. The van der Waals surface area contributed by atoms with Gasteiger partial charge in [-0.2, -0.15) is 0 Å². The number of nitrogens with zero attached hydrogens (tertiary/aromatic N) is 1. The van der Waals surface area contributed by atoms with E-state index in [-0.39, 0.29) is 0 Å². The number of hydrogen-bond donors (Lipinski definition) is 1. The van der Waals surface area contributed by atoms with E-state index >= 15 is 0 Å². The molecule has 0 atom stereocenters. The Hall–Kier alpha value is -1.78. The maximum atomic E-state index is 5.85. The first-order valence-electron chi connectivity index (χ1n) is 6.93. The molecule has 0 amide bonds. The summed E-state index contributed by atoms with van der Waals surface area (Å²) in [4.78, 5) is 0. The van der Waals surface area contributed by atoms with Gasteiger partial charge in [-0.1, -0.05) is 40.2 Å². The summed E-state index contributed by atoms with van der Waals surface area (Å²) in [7, 11) is 0. The minimum Gasteiger partial charge on any atom is -0.492 e. The highest BCUT2D eigenvalue weighted by Crippen LogP contribution is 2.21. The number of ether oxygens (including phenoxy) is 1. The van der Waals surface area contributed by atoms with Crippen molar-refractivity contribution < 1.29 is 4.74 Å². The van der Waals surface area contributed by atoms with Gasteiger partial charge >= 0.3 is 0 Å². The molecule has 21 heavy (non-hydrogen) atoms. The summed E-state index contributed by atoms with van der Waals surface area (Å²) in [6.45, 7) is 1.93. The van der Waals surface area contributed by atoms with Crippen LogP contribution < -0.4 is 10.5 Å². The van der Waals surface area contributed by atoms with Crippen molar-refractivity contribution in [3.63, 3.8) is 0 Å². The van der Waals surface area contributed by atoms with Crippen molar-refractivity contribution in [2.75, 3.05) is 6.61 Å². The third-order valence-corrected chi connectivity index (χ3v) is 3.98. The summed E-state index contributed by atoms with van der Waals surface area (Å²) in [5.74, 6) is 0.870. The lowest BCUT2D eigenvalue weighted by atomic mass is 10.2. The smallest absolute Gasteiger partial charge is 0.120 e. The molecule has 0 aliphatic carbocycles. The van der Waals surface area contributed by atoms with E-state index in [4.69, 9.17) is 10.5 Å². The predicted octanol–water partition coefficient (Wildman–Crippen LogP) is 3.94. The summed E-state index contributed by atoms with van der Waals surface area (Å²) in [5, 5.41) is 1.22. The molecule has 4 heteroatoms. The maximum absolute atomic E-state index is 5.85. The van der Waals surface area contributed by atoms with Crippen LogP contribution in [0.2, 0.25) is 0 Å². The molecule has 0 fully saturated rings. The molecule has 1 heterocycles. The normalized spacial score (nSPS) is 11.0. The average molecular weight is 345 g/mol. The number of para-hydroxylation sites is 1. The number of aromatic nitrogens is 1. The Morgan fingerprint density at radius 3 is 2.71 bits per heavy atom. The molecule has 0 aliphatic heterocycles. The second-order valence-electron chi connectivity index (χ2n) is 4.86. The highest BCUT2D eigenvalue weighted by atomic mass is 79.9. The first-order valence-corrected chi connectivity index (χ1v) is 7.73. The van der Waals surface area contributed by atoms with Gasteiger partial charge in [0.1, 0.15) is 12.4 Å². The Morgan fingerprint density at radius 2 is 1.90 bits per heavy atom. The third-order valence-electron chi connectivity index (χ3n) is 3.49. The molecule has 0 aliphatic rings. The van der Waals surface area contributed by atoms with E-state index in [1.807, 2.05) is 36.4 Å². The number of nitrogens with two attached hydrogens (primary N) is 1. The van der Waals surface area contributed by atoms with Crippen LogP contribution in [0.4, 0.5) is 0 Å². The van der Waals surface area contributed by atoms with Crippen molar-refractivity contribution in [3.8, 4) is 5.75 Å². The second kappa shape index (κ2) is 6.33. The number of hydrogen-bond acceptors (Lipinski definition) is 2. The SMILES string of the molecule is NCc1cc2ccccc2n1CCOc1cccc(Br)c1. The molecule has 108 valence electrons. The topological polar surface area (TPSA) is 40.2 Å². The van der Waals surface area contributed by atoms with E-state index in [0.717, 1.165) is 22.5 Å². The zero-order chi connectivity index (χ0) is 14.7. The van der Waals surface area contributed by atoms with Gasteiger partial charge in [-0.15, -0.1) is 0 Å². The Labute approximate surface area is 132 Å². The number of benzene rings is 2. The molecular formula is C17H17BrN2O. The van der Waals surface area contributed by atoms with E-state index in [0.29, 0.717) is 13.2 Å². The van der Waals surface area contributed by atoms with E-state index in [1.165, 1.54) is 10.9 Å². The summed E-state index contributed by atoms with van der Waals surface area (Å²) in [6.07, 6.45) is 0. The second-order valence-corrected chi connectivity index (χ2v) is 5.77. The fourth-order valence-electron chi connectivity index (χ4n) is 2.51. The summed E-state index contributed by atoms with van der Waals surface area (Å²) < 4.78 is 9.07. The largest absolute Gasteiger partial charge is 0.492 e. The van der Waals surface area contributed by atoms with Gasteiger partial charge in [-0.25, -0.2) is 0 Å². The van der Waals surface area contributed by atoms with E-state index in [9.17, 15) is 0 Å². The number of fused-ring (bicyclic) bond motifs is 1. The highest BCUT2D eigenvalue weighted by molar-refractivity contribution is 9.10. The molecule has 1 aromatic heterocycles. The fourth-order valence-corrected chi connectivity index (χ4v) is 2.89. The van der Waals surface area contributed by atoms with Crippen molar-refractivity contribution in [1.82, 2.24) is 4.57 Å². The quantitative estimate of drug-likeness (QED) is 0.761. The van der Waals surface area contributed by atoms with Crippen LogP contribution in [0.25, 0.3) is 10.9 Å². The maximum Gasteiger partial charge on any atom is 0.120 e. The molecule has 0 spiro atoms. The van der Waals surface area contributed by atoms with E-state index in [1.54, 1.807) is 0 Å². The Bertz CT molecular complexity index is 751. The van der Waals surface area contributed by atoms with E-state index < -0.39 is 0 Å². The van der Waals surface area contributed by atoms with Gasteiger partial charge in [0.05, 0.1) is 6.54 Å². The summed E-state index contributed by atoms with van der Waals surface area (Å²) >= 11 is 3.45. The first kappa shape index (κ1) is 14.2. The Balaban J connectivity index is 1.75. The average Bonchev–Trinajstić information content (AvgIpc) is 2.86. The predicted molar refractivity (Wildman–Crippen MR) is 89.5 cm³/mol. The number of rotatable bonds is 5. The monoisotopic (exact) mass is 344 g/mol. The van der Waals surface area contributed by atoms with Gasteiger partial charge in [-0.05, 0) is 35.7 Å². The van der Waals surface area contributed by atoms with Crippen LogP contribution in [-0.2, 0) is 13.1 Å². The van der Waals surface area contributed by atoms with Crippen molar-refractivity contribution >= 4 is 26.8 Å². The third kappa shape index (κ3) is 3.12. The molecule has 3 nitrogen and oxygen atoms in total. The molecule has 0 radical (unpaired) electrons. The Kier molecular flexibility index (Phi) is 4.27. The molecule has 0 bridgehead atoms. The standard InChI is InChI=1S/C17H17BrN2O/c18-14-5-3-6-16(11-14)21-9-8-20-15(12-19)10-13-4-1-2-7-17(13)20/h1-7,10-11H,8-9,12,19H2. The van der Waals surface area contributed by atoms with Crippen LogP contribution in [0.3, 0.4) is 0 Å². The molecule has 0 saturated carbocycles. The van der Waals surface area contributed by atoms with Crippen molar-refractivity contribution in [3.05, 3.63) is 64.8 Å². The molecule has 0 saturated heterocycles. The van der Waals surface area contributed by atoms with Gasteiger partial charge in [-0.3, -0.25) is 0 Å². The van der Waals surface area contributed by atoms with E-state index in [2.05, 4.69) is 38.7 Å². The molecular weight excluding hydrogens is 328 g/mol. The van der Waals surface area contributed by atoms with Crippen molar-refractivity contribution in [2.45, 2.75) is 13.1 Å². The zero-order valence-electron chi connectivity index (χ0n) is 11.6. The Morgan fingerprint density at radius 1 is 1.05 bits per heavy atom. The van der Waals surface area contributed by atoms with Crippen LogP contribution in [-0.4, -0.2) is 11.2 Å². The fraction of sp³-hybridized carbons (Fsp3) is 0.176. The summed E-state index contributed by atoms with van der Waals surface area (Å²) in [5.41, 5.74) is 8.19. The number of halogens is 1.